The van der Waals surface area contributed by atoms with Gasteiger partial charge >= 0.3 is 0 Å². The Kier molecular flexibility index (Phi) is 23.3. The molecule has 0 amide bonds. The van der Waals surface area contributed by atoms with E-state index >= 15 is 0 Å². The van der Waals surface area contributed by atoms with E-state index in [0.717, 1.165) is 30.1 Å². The Labute approximate surface area is 243 Å². The molecular weight excluding hydrogens is 534 g/mol. The molecule has 0 saturated heterocycles. The fraction of sp³-hybridized carbons (Fsp3) is 0.552. The monoisotopic (exact) mass is 586 g/mol. The van der Waals surface area contributed by atoms with Crippen molar-refractivity contribution < 1.29 is 18.2 Å². The number of allylic oxidation sites excluding steroid dienone is 4. The van der Waals surface area contributed by atoms with Gasteiger partial charge in [-0.25, -0.2) is 23.6 Å². The molecule has 3 rings (SSSR count). The number of hydrogen-bond donors (Lipinski definition) is 5. The van der Waals surface area contributed by atoms with Crippen molar-refractivity contribution in [2.45, 2.75) is 93.0 Å². The lowest BCUT2D eigenvalue weighted by Crippen LogP contribution is -2.43. The number of hydrazine groups is 1. The van der Waals surface area contributed by atoms with Gasteiger partial charge in [-0.1, -0.05) is 65.3 Å². The lowest BCUT2D eigenvalue weighted by molar-refractivity contribution is 0.311. The van der Waals surface area contributed by atoms with Gasteiger partial charge < -0.3 is 5.21 Å². The first-order valence-corrected chi connectivity index (χ1v) is 14.9. The van der Waals surface area contributed by atoms with Crippen molar-refractivity contribution in [3.05, 3.63) is 65.4 Å². The molecule has 1 fully saturated rings. The summed E-state index contributed by atoms with van der Waals surface area (Å²) in [6, 6.07) is 5.68. The number of H-pyrrole nitrogens is 1. The maximum Gasteiger partial charge on any atom is 0.183 e. The SMILES string of the molecule is CC.CC.CC(C)=C/C=C\C(C)C.CN(N)S(=O)NC1CCC(c2[nH]nc(-c3ccc(F)cc3)c2F)CC1.NO. The van der Waals surface area contributed by atoms with E-state index in [2.05, 4.69) is 66.7 Å². The number of aromatic amines is 1. The molecule has 8 nitrogen and oxygen atoms in total. The van der Waals surface area contributed by atoms with Crippen LogP contribution in [-0.2, 0) is 11.2 Å². The Bertz CT molecular complexity index is 983. The summed E-state index contributed by atoms with van der Waals surface area (Å²) >= 11 is -1.42. The average molecular weight is 587 g/mol. The van der Waals surface area contributed by atoms with Gasteiger partial charge in [0.25, 0.3) is 0 Å². The van der Waals surface area contributed by atoms with Crippen molar-refractivity contribution in [1.29, 1.82) is 0 Å². The molecule has 2 aromatic rings. The molecule has 1 heterocycles. The molecule has 1 aliphatic carbocycles. The van der Waals surface area contributed by atoms with Gasteiger partial charge in [0.1, 0.15) is 11.5 Å². The quantitative estimate of drug-likeness (QED) is 0.137. The maximum atomic E-state index is 14.7. The van der Waals surface area contributed by atoms with Crippen LogP contribution in [0, 0.1) is 17.6 Å². The molecule has 1 saturated carbocycles. The van der Waals surface area contributed by atoms with E-state index in [0.29, 0.717) is 17.2 Å². The van der Waals surface area contributed by atoms with Crippen LogP contribution in [0.15, 0.2) is 48.1 Å². The summed E-state index contributed by atoms with van der Waals surface area (Å²) in [6.45, 7) is 16.6. The van der Waals surface area contributed by atoms with Crippen LogP contribution in [0.5, 0.6) is 0 Å². The van der Waals surface area contributed by atoms with E-state index in [1.165, 1.54) is 36.9 Å². The Morgan fingerprint density at radius 2 is 1.62 bits per heavy atom. The molecule has 1 aliphatic rings. The minimum Gasteiger partial charge on any atom is -0.320 e. The second-order valence-electron chi connectivity index (χ2n) is 9.14. The molecule has 0 aliphatic heterocycles. The number of hydrogen-bond acceptors (Lipinski definition) is 5. The Balaban J connectivity index is 0. The molecule has 1 unspecified atom stereocenters. The number of aromatic nitrogens is 2. The molecule has 0 spiro atoms. The Hall–Kier alpha value is -2.28. The highest BCUT2D eigenvalue weighted by molar-refractivity contribution is 7.80. The van der Waals surface area contributed by atoms with Gasteiger partial charge in [-0.3, -0.25) is 10.9 Å². The normalized spacial score (nSPS) is 16.8. The van der Waals surface area contributed by atoms with Gasteiger partial charge in [-0.15, -0.1) is 0 Å². The van der Waals surface area contributed by atoms with E-state index in [-0.39, 0.29) is 29.3 Å². The van der Waals surface area contributed by atoms with Crippen LogP contribution in [0.25, 0.3) is 11.3 Å². The van der Waals surface area contributed by atoms with Crippen LogP contribution in [0.1, 0.15) is 92.7 Å². The fourth-order valence-corrected chi connectivity index (χ4v) is 4.29. The number of nitrogens with zero attached hydrogens (tertiary/aromatic N) is 2. The standard InChI is InChI=1S/C16H21F2N5OS.C9H16.2C2H6.H3NO/c1-23(19)25(24)22-13-8-4-11(5-9-13)16-14(18)15(20-21-16)10-2-6-12(17)7-3-10;1-8(2)6-5-7-9(3)4;3*1-2/h2-3,6-7,11,13,22H,4-5,8-9,19H2,1H3,(H,20,21);5-8H,1-4H3;2*1-2H3;2H,1H2/b;6-5-;;;. The highest BCUT2D eigenvalue weighted by atomic mass is 32.2. The van der Waals surface area contributed by atoms with Crippen molar-refractivity contribution >= 4 is 11.2 Å². The molecule has 0 bridgehead atoms. The van der Waals surface area contributed by atoms with Gasteiger partial charge in [0.05, 0.1) is 5.69 Å². The third-order valence-electron chi connectivity index (χ3n) is 5.44. The smallest absolute Gasteiger partial charge is 0.183 e. The van der Waals surface area contributed by atoms with E-state index in [9.17, 15) is 13.0 Å². The summed E-state index contributed by atoms with van der Waals surface area (Å²) in [7, 11) is 1.53. The summed E-state index contributed by atoms with van der Waals surface area (Å²) in [4.78, 5) is 0. The highest BCUT2D eigenvalue weighted by Crippen LogP contribution is 2.35. The third kappa shape index (κ3) is 15.5. The van der Waals surface area contributed by atoms with Crippen molar-refractivity contribution in [2.24, 2.45) is 17.7 Å². The largest absolute Gasteiger partial charge is 0.320 e. The first-order chi connectivity index (χ1) is 19.1. The van der Waals surface area contributed by atoms with Crippen LogP contribution < -0.4 is 16.5 Å². The first-order valence-electron chi connectivity index (χ1n) is 13.8. The number of rotatable bonds is 7. The summed E-state index contributed by atoms with van der Waals surface area (Å²) in [5.74, 6) is 8.89. The summed E-state index contributed by atoms with van der Waals surface area (Å²) in [6.07, 6.45) is 9.48. The molecule has 40 heavy (non-hydrogen) atoms. The zero-order valence-corrected chi connectivity index (χ0v) is 26.5. The second kappa shape index (κ2) is 23.4. The van der Waals surface area contributed by atoms with Gasteiger partial charge in [0.2, 0.25) is 0 Å². The van der Waals surface area contributed by atoms with Crippen LogP contribution >= 0.6 is 0 Å². The van der Waals surface area contributed by atoms with Crippen LogP contribution in [0.4, 0.5) is 8.78 Å². The number of nitrogens with one attached hydrogen (secondary N) is 2. The summed E-state index contributed by atoms with van der Waals surface area (Å²) in [5.41, 5.74) is 2.58. The van der Waals surface area contributed by atoms with E-state index in [1.54, 1.807) is 0 Å². The van der Waals surface area contributed by atoms with Gasteiger partial charge in [-0.05, 0) is 69.7 Å². The summed E-state index contributed by atoms with van der Waals surface area (Å²) in [5, 5.41) is 13.4. The molecular formula is C29H52F2N6O2S. The van der Waals surface area contributed by atoms with Crippen molar-refractivity contribution in [3.63, 3.8) is 0 Å². The van der Waals surface area contributed by atoms with E-state index in [1.807, 2.05) is 27.7 Å². The molecule has 1 aromatic carbocycles. The minimum absolute atomic E-state index is 0.0313. The molecule has 7 N–H and O–H groups in total. The molecule has 1 atom stereocenters. The molecule has 11 heteroatoms. The van der Waals surface area contributed by atoms with Crippen LogP contribution in [0.3, 0.4) is 0 Å². The van der Waals surface area contributed by atoms with Gasteiger partial charge in [0.15, 0.2) is 17.0 Å². The van der Waals surface area contributed by atoms with Gasteiger partial charge in [-0.2, -0.15) is 9.51 Å². The first kappa shape index (κ1) is 39.9. The number of benzene rings is 1. The lowest BCUT2D eigenvalue weighted by atomic mass is 9.84. The highest BCUT2D eigenvalue weighted by Gasteiger charge is 2.28. The predicted octanol–water partition coefficient (Wildman–Crippen LogP) is 6.91. The predicted molar refractivity (Wildman–Crippen MR) is 164 cm³/mol. The summed E-state index contributed by atoms with van der Waals surface area (Å²) < 4.78 is 43.5. The van der Waals surface area contributed by atoms with E-state index < -0.39 is 11.2 Å². The zero-order chi connectivity index (χ0) is 31.3. The minimum atomic E-state index is -1.42. The number of nitrogens with two attached hydrogens (primary N) is 2. The molecule has 0 radical (unpaired) electrons. The van der Waals surface area contributed by atoms with Gasteiger partial charge in [0, 0.05) is 24.6 Å². The lowest BCUT2D eigenvalue weighted by Gasteiger charge is -2.28. The topological polar surface area (TPSA) is 133 Å². The maximum absolute atomic E-state index is 14.7. The van der Waals surface area contributed by atoms with Crippen molar-refractivity contribution in [3.8, 4) is 11.3 Å². The Morgan fingerprint density at radius 3 is 2.08 bits per heavy atom. The molecule has 230 valence electrons. The Morgan fingerprint density at radius 1 is 1.10 bits per heavy atom. The second-order valence-corrected chi connectivity index (χ2v) is 10.5. The van der Waals surface area contributed by atoms with Crippen molar-refractivity contribution in [1.82, 2.24) is 19.3 Å². The van der Waals surface area contributed by atoms with Crippen LogP contribution in [0.2, 0.25) is 0 Å². The zero-order valence-electron chi connectivity index (χ0n) is 25.7. The number of halogens is 2. The fourth-order valence-electron chi connectivity index (χ4n) is 3.61. The van der Waals surface area contributed by atoms with Crippen LogP contribution in [-0.4, -0.2) is 37.1 Å². The third-order valence-corrected chi connectivity index (χ3v) is 6.50. The van der Waals surface area contributed by atoms with E-state index in [4.69, 9.17) is 11.0 Å². The average Bonchev–Trinajstić information content (AvgIpc) is 3.34. The molecule has 1 aromatic heterocycles. The van der Waals surface area contributed by atoms with Crippen molar-refractivity contribution in [2.75, 3.05) is 7.05 Å².